The van der Waals surface area contributed by atoms with Crippen molar-refractivity contribution < 1.29 is 0 Å². The number of unbranched alkanes of at least 4 members (excludes halogenated alkanes) is 26. The van der Waals surface area contributed by atoms with Crippen molar-refractivity contribution in [2.24, 2.45) is 0 Å². The molecule has 0 fully saturated rings. The van der Waals surface area contributed by atoms with Crippen LogP contribution in [0.2, 0.25) is 0 Å². The molecule has 1 N–H and O–H groups in total. The Morgan fingerprint density at radius 1 is 0.297 bits per heavy atom. The van der Waals surface area contributed by atoms with Crippen LogP contribution in [0.3, 0.4) is 0 Å². The van der Waals surface area contributed by atoms with Gasteiger partial charge in [-0.2, -0.15) is 0 Å². The Kier molecular flexibility index (Phi) is 34.0. The maximum Gasteiger partial charge on any atom is 0.00670 e. The average Bonchev–Trinajstić information content (AvgIpc) is 2.91. The summed E-state index contributed by atoms with van der Waals surface area (Å²) in [4.78, 5) is 0. The van der Waals surface area contributed by atoms with Gasteiger partial charge in [0.25, 0.3) is 0 Å². The highest BCUT2D eigenvalue weighted by molar-refractivity contribution is 4.68. The van der Waals surface area contributed by atoms with Crippen molar-refractivity contribution in [2.45, 2.75) is 226 Å². The van der Waals surface area contributed by atoms with Gasteiger partial charge in [0.1, 0.15) is 0 Å². The predicted octanol–water partition coefficient (Wildman–Crippen LogP) is 13.1. The fraction of sp³-hybridized carbons (Fsp3) is 1.00. The second kappa shape index (κ2) is 34.0. The maximum absolute atomic E-state index is 4.00. The summed E-state index contributed by atoms with van der Waals surface area (Å²) in [7, 11) is 0. The third-order valence-electron chi connectivity index (χ3n) is 8.53. The highest BCUT2D eigenvalue weighted by Crippen LogP contribution is 2.16. The predicted molar refractivity (Wildman–Crippen MR) is 172 cm³/mol. The third-order valence-corrected chi connectivity index (χ3v) is 8.53. The number of hydrogen-bond acceptors (Lipinski definition) is 1. The SMILES string of the molecule is CCCCCCCCCCCCNC(CCCCCCCCCCC)CCCCCCCCCCCC. The maximum atomic E-state index is 4.00. The minimum absolute atomic E-state index is 0.789. The minimum atomic E-state index is 0.789. The summed E-state index contributed by atoms with van der Waals surface area (Å²) in [5, 5.41) is 4.00. The van der Waals surface area contributed by atoms with Crippen molar-refractivity contribution in [1.29, 1.82) is 0 Å². The molecule has 0 radical (unpaired) electrons. The van der Waals surface area contributed by atoms with Gasteiger partial charge in [0, 0.05) is 6.04 Å². The van der Waals surface area contributed by atoms with Crippen molar-refractivity contribution in [3.63, 3.8) is 0 Å². The lowest BCUT2D eigenvalue weighted by atomic mass is 9.99. The zero-order valence-corrected chi connectivity index (χ0v) is 26.7. The van der Waals surface area contributed by atoms with Crippen LogP contribution >= 0.6 is 0 Å². The Hall–Kier alpha value is -0.0400. The molecule has 1 atom stereocenters. The molecule has 0 spiro atoms. The molecule has 0 aliphatic carbocycles. The van der Waals surface area contributed by atoms with E-state index in [-0.39, 0.29) is 0 Å². The zero-order valence-electron chi connectivity index (χ0n) is 26.7. The van der Waals surface area contributed by atoms with Crippen molar-refractivity contribution in [3.05, 3.63) is 0 Å². The van der Waals surface area contributed by atoms with E-state index in [9.17, 15) is 0 Å². The van der Waals surface area contributed by atoms with Crippen LogP contribution in [0.1, 0.15) is 220 Å². The highest BCUT2D eigenvalue weighted by atomic mass is 14.9. The Morgan fingerprint density at radius 2 is 0.541 bits per heavy atom. The van der Waals surface area contributed by atoms with E-state index in [2.05, 4.69) is 26.1 Å². The van der Waals surface area contributed by atoms with Gasteiger partial charge in [-0.1, -0.05) is 201 Å². The van der Waals surface area contributed by atoms with Crippen molar-refractivity contribution >= 4 is 0 Å². The molecule has 0 aliphatic heterocycles. The van der Waals surface area contributed by atoms with E-state index in [1.165, 1.54) is 206 Å². The molecule has 1 nitrogen and oxygen atoms in total. The fourth-order valence-electron chi connectivity index (χ4n) is 5.85. The van der Waals surface area contributed by atoms with E-state index < -0.39 is 0 Å². The molecule has 0 heterocycles. The van der Waals surface area contributed by atoms with Crippen LogP contribution < -0.4 is 5.32 Å². The van der Waals surface area contributed by atoms with E-state index in [1.54, 1.807) is 0 Å². The van der Waals surface area contributed by atoms with Gasteiger partial charge >= 0.3 is 0 Å². The Morgan fingerprint density at radius 3 is 0.838 bits per heavy atom. The number of rotatable bonds is 33. The van der Waals surface area contributed by atoms with Crippen LogP contribution in [-0.4, -0.2) is 12.6 Å². The number of nitrogens with one attached hydrogen (secondary N) is 1. The molecule has 0 amide bonds. The van der Waals surface area contributed by atoms with E-state index >= 15 is 0 Å². The van der Waals surface area contributed by atoms with Gasteiger partial charge in [0.05, 0.1) is 0 Å². The van der Waals surface area contributed by atoms with E-state index in [0.717, 1.165) is 6.04 Å². The monoisotopic (exact) mass is 522 g/mol. The minimum Gasteiger partial charge on any atom is -0.314 e. The number of hydrogen-bond donors (Lipinski definition) is 1. The topological polar surface area (TPSA) is 12.0 Å². The van der Waals surface area contributed by atoms with Crippen LogP contribution in [0, 0.1) is 0 Å². The van der Waals surface area contributed by atoms with Crippen LogP contribution in [-0.2, 0) is 0 Å². The lowest BCUT2D eigenvalue weighted by molar-refractivity contribution is 0.404. The van der Waals surface area contributed by atoms with Crippen molar-refractivity contribution in [1.82, 2.24) is 5.32 Å². The van der Waals surface area contributed by atoms with Gasteiger partial charge in [-0.25, -0.2) is 0 Å². The summed E-state index contributed by atoms with van der Waals surface area (Å²) in [6.45, 7) is 8.20. The van der Waals surface area contributed by atoms with Gasteiger partial charge in [-0.05, 0) is 25.8 Å². The summed E-state index contributed by atoms with van der Waals surface area (Å²) >= 11 is 0. The highest BCUT2D eigenvalue weighted by Gasteiger charge is 2.08. The molecule has 1 heteroatoms. The normalized spacial score (nSPS) is 12.4. The first kappa shape index (κ1) is 37.0. The first-order valence-corrected chi connectivity index (χ1v) is 18.1. The Balaban J connectivity index is 3.86. The zero-order chi connectivity index (χ0) is 26.9. The Bertz CT molecular complexity index is 379. The standard InChI is InChI=1S/C36H75N/c1-4-7-10-13-16-19-22-25-28-31-34-36(33-30-27-24-21-18-15-12-9-6-3)37-35-32-29-26-23-20-17-14-11-8-5-2/h36-37H,4-35H2,1-3H3. The molecule has 1 unspecified atom stereocenters. The largest absolute Gasteiger partial charge is 0.314 e. The summed E-state index contributed by atoms with van der Waals surface area (Å²) in [5.41, 5.74) is 0. The second-order valence-corrected chi connectivity index (χ2v) is 12.4. The van der Waals surface area contributed by atoms with Crippen LogP contribution in [0.15, 0.2) is 0 Å². The van der Waals surface area contributed by atoms with Crippen LogP contribution in [0.25, 0.3) is 0 Å². The molecule has 224 valence electrons. The first-order chi connectivity index (χ1) is 18.3. The van der Waals surface area contributed by atoms with Gasteiger partial charge in [0.2, 0.25) is 0 Å². The van der Waals surface area contributed by atoms with Gasteiger partial charge in [0.15, 0.2) is 0 Å². The van der Waals surface area contributed by atoms with Crippen LogP contribution in [0.4, 0.5) is 0 Å². The van der Waals surface area contributed by atoms with Crippen molar-refractivity contribution in [2.75, 3.05) is 6.54 Å². The molecule has 0 aromatic rings. The Labute approximate surface area is 237 Å². The third kappa shape index (κ3) is 32.1. The molecule has 0 aromatic heterocycles. The lowest BCUT2D eigenvalue weighted by Gasteiger charge is -2.19. The molecule has 0 saturated heterocycles. The van der Waals surface area contributed by atoms with Gasteiger partial charge < -0.3 is 5.32 Å². The van der Waals surface area contributed by atoms with Gasteiger partial charge in [-0.3, -0.25) is 0 Å². The fourth-order valence-corrected chi connectivity index (χ4v) is 5.85. The summed E-state index contributed by atoms with van der Waals surface area (Å²) in [5.74, 6) is 0. The second-order valence-electron chi connectivity index (χ2n) is 12.4. The molecule has 0 saturated carbocycles. The smallest absolute Gasteiger partial charge is 0.00670 e. The lowest BCUT2D eigenvalue weighted by Crippen LogP contribution is -2.30. The summed E-state index contributed by atoms with van der Waals surface area (Å²) in [6.07, 6.45) is 44.8. The van der Waals surface area contributed by atoms with E-state index in [4.69, 9.17) is 0 Å². The molecule has 37 heavy (non-hydrogen) atoms. The molecule has 0 bridgehead atoms. The quantitative estimate of drug-likeness (QED) is 0.0846. The van der Waals surface area contributed by atoms with Crippen molar-refractivity contribution in [3.8, 4) is 0 Å². The van der Waals surface area contributed by atoms with E-state index in [1.807, 2.05) is 0 Å². The average molecular weight is 522 g/mol. The summed E-state index contributed by atoms with van der Waals surface area (Å²) in [6, 6.07) is 0.789. The molecule has 0 rings (SSSR count). The molecular weight excluding hydrogens is 446 g/mol. The van der Waals surface area contributed by atoms with Gasteiger partial charge in [-0.15, -0.1) is 0 Å². The van der Waals surface area contributed by atoms with E-state index in [0.29, 0.717) is 0 Å². The van der Waals surface area contributed by atoms with Crippen LogP contribution in [0.5, 0.6) is 0 Å². The summed E-state index contributed by atoms with van der Waals surface area (Å²) < 4.78 is 0. The first-order valence-electron chi connectivity index (χ1n) is 18.1. The molecular formula is C36H75N. The molecule has 0 aliphatic rings. The molecule has 0 aromatic carbocycles.